The van der Waals surface area contributed by atoms with Gasteiger partial charge in [-0.25, -0.2) is 4.79 Å². The van der Waals surface area contributed by atoms with Gasteiger partial charge in [0.25, 0.3) is 0 Å². The quantitative estimate of drug-likeness (QED) is 0.922. The van der Waals surface area contributed by atoms with Gasteiger partial charge in [0, 0.05) is 37.5 Å². The molecular formula is C15H21ClN2O2. The van der Waals surface area contributed by atoms with Crippen LogP contribution in [0.3, 0.4) is 0 Å². The molecule has 0 spiro atoms. The fourth-order valence-corrected chi connectivity index (χ4v) is 2.39. The van der Waals surface area contributed by atoms with E-state index in [1.165, 1.54) is 0 Å². The Morgan fingerprint density at radius 3 is 2.65 bits per heavy atom. The van der Waals surface area contributed by atoms with Crippen LogP contribution in [-0.2, 0) is 4.74 Å². The third-order valence-corrected chi connectivity index (χ3v) is 3.91. The number of carbonyl (C=O) groups excluding carboxylic acids is 1. The minimum Gasteiger partial charge on any atom is -0.381 e. The largest absolute Gasteiger partial charge is 0.381 e. The fourth-order valence-electron chi connectivity index (χ4n) is 2.26. The van der Waals surface area contributed by atoms with Gasteiger partial charge >= 0.3 is 6.03 Å². The Morgan fingerprint density at radius 2 is 2.00 bits per heavy atom. The predicted molar refractivity (Wildman–Crippen MR) is 81.3 cm³/mol. The molecule has 20 heavy (non-hydrogen) atoms. The lowest BCUT2D eigenvalue weighted by Gasteiger charge is -2.25. The maximum absolute atomic E-state index is 12.0. The summed E-state index contributed by atoms with van der Waals surface area (Å²) in [7, 11) is 1.82. The molecule has 0 saturated carbocycles. The first-order valence-electron chi connectivity index (χ1n) is 7.00. The van der Waals surface area contributed by atoms with Crippen molar-refractivity contribution in [2.45, 2.75) is 19.3 Å². The van der Waals surface area contributed by atoms with Crippen molar-refractivity contribution in [3.05, 3.63) is 29.3 Å². The lowest BCUT2D eigenvalue weighted by Crippen LogP contribution is -2.33. The van der Waals surface area contributed by atoms with E-state index >= 15 is 0 Å². The Labute approximate surface area is 125 Å². The second-order valence-electron chi connectivity index (χ2n) is 5.20. The highest BCUT2D eigenvalue weighted by Gasteiger charge is 2.16. The Balaban J connectivity index is 1.75. The summed E-state index contributed by atoms with van der Waals surface area (Å²) in [5.74, 6) is 0.675. The molecule has 0 aliphatic carbocycles. The number of anilines is 1. The first-order chi connectivity index (χ1) is 9.65. The van der Waals surface area contributed by atoms with Crippen molar-refractivity contribution in [1.29, 1.82) is 0 Å². The van der Waals surface area contributed by atoms with Crippen molar-refractivity contribution in [3.8, 4) is 0 Å². The molecule has 110 valence electrons. The molecule has 0 atom stereocenters. The Bertz CT molecular complexity index is 430. The number of carbonyl (C=O) groups is 1. The summed E-state index contributed by atoms with van der Waals surface area (Å²) >= 11 is 5.81. The van der Waals surface area contributed by atoms with Gasteiger partial charge in [0.2, 0.25) is 0 Å². The maximum Gasteiger partial charge on any atom is 0.321 e. The van der Waals surface area contributed by atoms with Gasteiger partial charge in [-0.15, -0.1) is 0 Å². The zero-order valence-corrected chi connectivity index (χ0v) is 12.5. The van der Waals surface area contributed by atoms with Crippen LogP contribution in [0.25, 0.3) is 0 Å². The number of benzene rings is 1. The summed E-state index contributed by atoms with van der Waals surface area (Å²) in [6, 6.07) is 7.04. The summed E-state index contributed by atoms with van der Waals surface area (Å²) < 4.78 is 5.34. The molecule has 1 fully saturated rings. The number of rotatable bonds is 4. The van der Waals surface area contributed by atoms with E-state index < -0.39 is 0 Å². The zero-order chi connectivity index (χ0) is 14.4. The molecule has 1 aliphatic rings. The van der Waals surface area contributed by atoms with Crippen LogP contribution < -0.4 is 5.32 Å². The van der Waals surface area contributed by atoms with Crippen LogP contribution in [-0.4, -0.2) is 37.7 Å². The zero-order valence-electron chi connectivity index (χ0n) is 11.8. The lowest BCUT2D eigenvalue weighted by molar-refractivity contribution is 0.0621. The molecule has 4 nitrogen and oxygen atoms in total. The van der Waals surface area contributed by atoms with Crippen molar-refractivity contribution >= 4 is 23.3 Å². The first-order valence-corrected chi connectivity index (χ1v) is 7.38. The number of hydrogen-bond donors (Lipinski definition) is 1. The summed E-state index contributed by atoms with van der Waals surface area (Å²) in [6.45, 7) is 2.47. The minimum absolute atomic E-state index is 0.0839. The topological polar surface area (TPSA) is 41.6 Å². The number of ether oxygens (including phenoxy) is 1. The van der Waals surface area contributed by atoms with Crippen LogP contribution in [0.5, 0.6) is 0 Å². The molecule has 0 unspecified atom stereocenters. The van der Waals surface area contributed by atoms with Gasteiger partial charge < -0.3 is 15.0 Å². The molecule has 2 amide bonds. The van der Waals surface area contributed by atoms with E-state index in [1.54, 1.807) is 29.2 Å². The SMILES string of the molecule is CN(CCC1CCOCC1)C(=O)Nc1ccc(Cl)cc1. The number of halogens is 1. The van der Waals surface area contributed by atoms with Crippen molar-refractivity contribution in [1.82, 2.24) is 4.90 Å². The molecule has 1 aliphatic heterocycles. The molecule has 1 aromatic rings. The van der Waals surface area contributed by atoms with Gasteiger partial charge in [0.1, 0.15) is 0 Å². The predicted octanol–water partition coefficient (Wildman–Crippen LogP) is 3.62. The van der Waals surface area contributed by atoms with Gasteiger partial charge in [-0.05, 0) is 49.4 Å². The third kappa shape index (κ3) is 4.69. The van der Waals surface area contributed by atoms with E-state index in [0.717, 1.165) is 44.7 Å². The Morgan fingerprint density at radius 1 is 1.35 bits per heavy atom. The molecule has 0 aromatic heterocycles. The monoisotopic (exact) mass is 296 g/mol. The second-order valence-corrected chi connectivity index (χ2v) is 5.64. The number of amides is 2. The molecule has 1 N–H and O–H groups in total. The summed E-state index contributed by atoms with van der Waals surface area (Å²) in [6.07, 6.45) is 3.24. The van der Waals surface area contributed by atoms with Crippen molar-refractivity contribution < 1.29 is 9.53 Å². The highest BCUT2D eigenvalue weighted by atomic mass is 35.5. The summed E-state index contributed by atoms with van der Waals surface area (Å²) in [4.78, 5) is 13.8. The Hall–Kier alpha value is -1.26. The van der Waals surface area contributed by atoms with Crippen LogP contribution in [0.2, 0.25) is 5.02 Å². The number of urea groups is 1. The molecule has 2 rings (SSSR count). The average molecular weight is 297 g/mol. The molecule has 5 heteroatoms. The highest BCUT2D eigenvalue weighted by molar-refractivity contribution is 6.30. The molecule has 1 aromatic carbocycles. The van der Waals surface area contributed by atoms with Gasteiger partial charge in [0.15, 0.2) is 0 Å². The minimum atomic E-state index is -0.0839. The Kier molecular flexibility index (Phi) is 5.68. The molecule has 0 bridgehead atoms. The van der Waals surface area contributed by atoms with Crippen LogP contribution in [0, 0.1) is 5.92 Å². The lowest BCUT2D eigenvalue weighted by atomic mass is 9.96. The van der Waals surface area contributed by atoms with Crippen LogP contribution in [0.4, 0.5) is 10.5 Å². The van der Waals surface area contributed by atoms with Crippen molar-refractivity contribution in [3.63, 3.8) is 0 Å². The second kappa shape index (κ2) is 7.50. The van der Waals surface area contributed by atoms with E-state index in [0.29, 0.717) is 10.9 Å². The van der Waals surface area contributed by atoms with Gasteiger partial charge in [-0.1, -0.05) is 11.6 Å². The average Bonchev–Trinajstić information content (AvgIpc) is 2.48. The van der Waals surface area contributed by atoms with Crippen LogP contribution >= 0.6 is 11.6 Å². The molecular weight excluding hydrogens is 276 g/mol. The van der Waals surface area contributed by atoms with Gasteiger partial charge in [-0.3, -0.25) is 0 Å². The van der Waals surface area contributed by atoms with Crippen molar-refractivity contribution in [2.75, 3.05) is 32.1 Å². The van der Waals surface area contributed by atoms with E-state index in [2.05, 4.69) is 5.32 Å². The normalized spacial score (nSPS) is 15.9. The summed E-state index contributed by atoms with van der Waals surface area (Å²) in [5, 5.41) is 3.52. The van der Waals surface area contributed by atoms with Gasteiger partial charge in [-0.2, -0.15) is 0 Å². The fraction of sp³-hybridized carbons (Fsp3) is 0.533. The third-order valence-electron chi connectivity index (χ3n) is 3.66. The smallest absolute Gasteiger partial charge is 0.321 e. The van der Waals surface area contributed by atoms with E-state index in [1.807, 2.05) is 7.05 Å². The highest BCUT2D eigenvalue weighted by Crippen LogP contribution is 2.19. The molecule has 0 radical (unpaired) electrons. The summed E-state index contributed by atoms with van der Waals surface area (Å²) in [5.41, 5.74) is 0.761. The van der Waals surface area contributed by atoms with E-state index in [4.69, 9.17) is 16.3 Å². The van der Waals surface area contributed by atoms with Crippen molar-refractivity contribution in [2.24, 2.45) is 5.92 Å². The standard InChI is InChI=1S/C15H21ClN2O2/c1-18(9-6-12-7-10-20-11-8-12)15(19)17-14-4-2-13(16)3-5-14/h2-5,12H,6-11H2,1H3,(H,17,19). The van der Waals surface area contributed by atoms with Crippen LogP contribution in [0.1, 0.15) is 19.3 Å². The number of nitrogens with zero attached hydrogens (tertiary/aromatic N) is 1. The molecule has 1 saturated heterocycles. The van der Waals surface area contributed by atoms with Crippen LogP contribution in [0.15, 0.2) is 24.3 Å². The first kappa shape index (κ1) is 15.1. The number of hydrogen-bond acceptors (Lipinski definition) is 2. The van der Waals surface area contributed by atoms with E-state index in [-0.39, 0.29) is 6.03 Å². The number of nitrogens with one attached hydrogen (secondary N) is 1. The molecule has 1 heterocycles. The maximum atomic E-state index is 12.0. The van der Waals surface area contributed by atoms with Gasteiger partial charge in [0.05, 0.1) is 0 Å². The van der Waals surface area contributed by atoms with E-state index in [9.17, 15) is 4.79 Å².